The van der Waals surface area contributed by atoms with E-state index in [4.69, 9.17) is 14.2 Å². The van der Waals surface area contributed by atoms with Gasteiger partial charge in [0.15, 0.2) is 17.3 Å². The SMILES string of the molecule is CCOc1cc(C=c2sc3nc(-c4ccc(OC)cc4)nn3c2=O)ccc1OC(C)=O. The fourth-order valence-electron chi connectivity index (χ4n) is 2.97. The molecule has 0 fully saturated rings. The Morgan fingerprint density at radius 2 is 1.94 bits per heavy atom. The van der Waals surface area contributed by atoms with Gasteiger partial charge in [-0.2, -0.15) is 9.50 Å². The van der Waals surface area contributed by atoms with E-state index in [-0.39, 0.29) is 5.56 Å². The van der Waals surface area contributed by atoms with E-state index in [2.05, 4.69) is 10.1 Å². The van der Waals surface area contributed by atoms with Crippen LogP contribution in [0.5, 0.6) is 17.2 Å². The lowest BCUT2D eigenvalue weighted by Crippen LogP contribution is -2.23. The Balaban J connectivity index is 1.70. The summed E-state index contributed by atoms with van der Waals surface area (Å²) < 4.78 is 17.7. The summed E-state index contributed by atoms with van der Waals surface area (Å²) in [5.74, 6) is 1.54. The molecule has 0 N–H and O–H groups in total. The van der Waals surface area contributed by atoms with Gasteiger partial charge in [-0.05, 0) is 55.0 Å². The second-order valence-electron chi connectivity index (χ2n) is 6.51. The highest BCUT2D eigenvalue weighted by Crippen LogP contribution is 2.29. The number of hydrogen-bond donors (Lipinski definition) is 0. The summed E-state index contributed by atoms with van der Waals surface area (Å²) >= 11 is 1.25. The number of methoxy groups -OCH3 is 1. The van der Waals surface area contributed by atoms with Crippen LogP contribution in [0.1, 0.15) is 19.4 Å². The van der Waals surface area contributed by atoms with Crippen molar-refractivity contribution in [2.24, 2.45) is 0 Å². The van der Waals surface area contributed by atoms with Gasteiger partial charge in [0, 0.05) is 12.5 Å². The van der Waals surface area contributed by atoms with Crippen LogP contribution in [0.25, 0.3) is 22.4 Å². The molecule has 0 aliphatic rings. The zero-order valence-corrected chi connectivity index (χ0v) is 17.9. The molecule has 4 aromatic rings. The maximum atomic E-state index is 12.8. The minimum Gasteiger partial charge on any atom is -0.497 e. The molecule has 8 nitrogen and oxygen atoms in total. The minimum absolute atomic E-state index is 0.255. The molecule has 2 aromatic heterocycles. The molecule has 0 aliphatic carbocycles. The molecular formula is C22H19N3O5S. The summed E-state index contributed by atoms with van der Waals surface area (Å²) in [6.07, 6.45) is 1.73. The Hall–Kier alpha value is -3.72. The van der Waals surface area contributed by atoms with Crippen molar-refractivity contribution in [2.45, 2.75) is 13.8 Å². The van der Waals surface area contributed by atoms with Gasteiger partial charge in [0.05, 0.1) is 18.2 Å². The van der Waals surface area contributed by atoms with E-state index in [1.54, 1.807) is 31.4 Å². The van der Waals surface area contributed by atoms with Crippen molar-refractivity contribution >= 4 is 28.3 Å². The molecule has 0 spiro atoms. The van der Waals surface area contributed by atoms with Gasteiger partial charge in [-0.3, -0.25) is 9.59 Å². The van der Waals surface area contributed by atoms with Crippen LogP contribution >= 0.6 is 11.3 Å². The molecule has 0 unspecified atom stereocenters. The summed E-state index contributed by atoms with van der Waals surface area (Å²) in [4.78, 5) is 29.1. The van der Waals surface area contributed by atoms with E-state index in [1.165, 1.54) is 22.8 Å². The number of carbonyl (C=O) groups is 1. The van der Waals surface area contributed by atoms with E-state index in [0.29, 0.717) is 33.4 Å². The normalized spacial score (nSPS) is 11.6. The predicted octanol–water partition coefficient (Wildman–Crippen LogP) is 2.70. The van der Waals surface area contributed by atoms with E-state index in [0.717, 1.165) is 16.9 Å². The first kappa shape index (κ1) is 20.5. The van der Waals surface area contributed by atoms with Crippen molar-refractivity contribution in [3.63, 3.8) is 0 Å². The number of esters is 1. The van der Waals surface area contributed by atoms with E-state index in [1.807, 2.05) is 31.2 Å². The fraction of sp³-hybridized carbons (Fsp3) is 0.182. The molecule has 0 atom stereocenters. The van der Waals surface area contributed by atoms with Gasteiger partial charge in [0.25, 0.3) is 5.56 Å². The van der Waals surface area contributed by atoms with Crippen LogP contribution in [0.4, 0.5) is 0 Å². The third-order valence-electron chi connectivity index (χ3n) is 4.35. The number of nitrogens with zero attached hydrogens (tertiary/aromatic N) is 3. The van der Waals surface area contributed by atoms with Gasteiger partial charge in [0.2, 0.25) is 4.96 Å². The largest absolute Gasteiger partial charge is 0.497 e. The van der Waals surface area contributed by atoms with Gasteiger partial charge in [-0.15, -0.1) is 5.10 Å². The van der Waals surface area contributed by atoms with Crippen LogP contribution in [0.15, 0.2) is 47.3 Å². The first-order valence-electron chi connectivity index (χ1n) is 9.49. The Morgan fingerprint density at radius 1 is 1.16 bits per heavy atom. The topological polar surface area (TPSA) is 92.0 Å². The number of rotatable bonds is 6. The highest BCUT2D eigenvalue weighted by Gasteiger charge is 2.13. The smallest absolute Gasteiger partial charge is 0.308 e. The number of fused-ring (bicyclic) bond motifs is 1. The average molecular weight is 437 g/mol. The van der Waals surface area contributed by atoms with E-state index < -0.39 is 5.97 Å². The lowest BCUT2D eigenvalue weighted by atomic mass is 10.2. The van der Waals surface area contributed by atoms with Crippen LogP contribution in [0.3, 0.4) is 0 Å². The number of aromatic nitrogens is 3. The van der Waals surface area contributed by atoms with Crippen molar-refractivity contribution < 1.29 is 19.0 Å². The van der Waals surface area contributed by atoms with E-state index >= 15 is 0 Å². The lowest BCUT2D eigenvalue weighted by molar-refractivity contribution is -0.132. The third-order valence-corrected chi connectivity index (χ3v) is 5.31. The van der Waals surface area contributed by atoms with Crippen molar-refractivity contribution in [3.8, 4) is 28.6 Å². The zero-order valence-electron chi connectivity index (χ0n) is 17.1. The predicted molar refractivity (Wildman–Crippen MR) is 117 cm³/mol. The second-order valence-corrected chi connectivity index (χ2v) is 7.52. The van der Waals surface area contributed by atoms with Crippen molar-refractivity contribution in [1.82, 2.24) is 14.6 Å². The molecule has 4 rings (SSSR count). The summed E-state index contributed by atoms with van der Waals surface area (Å²) in [6.45, 7) is 3.58. The molecule has 158 valence electrons. The second kappa shape index (κ2) is 8.57. The molecule has 2 aromatic carbocycles. The van der Waals surface area contributed by atoms with Gasteiger partial charge in [-0.1, -0.05) is 17.4 Å². The van der Waals surface area contributed by atoms with Gasteiger partial charge in [0.1, 0.15) is 5.75 Å². The monoisotopic (exact) mass is 437 g/mol. The van der Waals surface area contributed by atoms with Crippen molar-refractivity contribution in [1.29, 1.82) is 0 Å². The number of ether oxygens (including phenoxy) is 3. The maximum absolute atomic E-state index is 12.8. The van der Waals surface area contributed by atoms with Gasteiger partial charge in [-0.25, -0.2) is 0 Å². The third kappa shape index (κ3) is 4.26. The number of benzene rings is 2. The molecule has 0 bridgehead atoms. The van der Waals surface area contributed by atoms with Crippen LogP contribution in [-0.2, 0) is 4.79 Å². The standard InChI is InChI=1S/C22H19N3O5S/c1-4-29-18-11-14(5-10-17(18)30-13(2)26)12-19-21(27)25-22(31-19)23-20(24-25)15-6-8-16(28-3)9-7-15/h5-12H,4H2,1-3H3. The molecular weight excluding hydrogens is 418 g/mol. The lowest BCUT2D eigenvalue weighted by Gasteiger charge is -2.10. The molecule has 0 amide bonds. The first-order valence-corrected chi connectivity index (χ1v) is 10.3. The van der Waals surface area contributed by atoms with Crippen molar-refractivity contribution in [3.05, 3.63) is 62.9 Å². The van der Waals surface area contributed by atoms with Crippen LogP contribution in [0.2, 0.25) is 0 Å². The maximum Gasteiger partial charge on any atom is 0.308 e. The number of hydrogen-bond acceptors (Lipinski definition) is 8. The quantitative estimate of drug-likeness (QED) is 0.338. The molecule has 0 aliphatic heterocycles. The van der Waals surface area contributed by atoms with Crippen LogP contribution < -0.4 is 24.3 Å². The zero-order chi connectivity index (χ0) is 22.0. The number of thiazole rings is 1. The van der Waals surface area contributed by atoms with Crippen molar-refractivity contribution in [2.75, 3.05) is 13.7 Å². The van der Waals surface area contributed by atoms with E-state index in [9.17, 15) is 9.59 Å². The Kier molecular flexibility index (Phi) is 5.68. The minimum atomic E-state index is -0.433. The first-order chi connectivity index (χ1) is 15.0. The fourth-order valence-corrected chi connectivity index (χ4v) is 3.88. The Labute approximate surface area is 181 Å². The molecule has 0 saturated heterocycles. The van der Waals surface area contributed by atoms with Crippen LogP contribution in [0, 0.1) is 0 Å². The highest BCUT2D eigenvalue weighted by molar-refractivity contribution is 7.15. The number of carbonyl (C=O) groups excluding carboxylic acids is 1. The molecule has 9 heteroatoms. The Bertz CT molecular complexity index is 1360. The van der Waals surface area contributed by atoms with Gasteiger partial charge < -0.3 is 14.2 Å². The summed E-state index contributed by atoms with van der Waals surface area (Å²) in [5, 5.41) is 4.35. The molecule has 0 saturated carbocycles. The molecule has 31 heavy (non-hydrogen) atoms. The van der Waals surface area contributed by atoms with Gasteiger partial charge >= 0.3 is 5.97 Å². The summed E-state index contributed by atoms with van der Waals surface area (Å²) in [7, 11) is 1.60. The summed E-state index contributed by atoms with van der Waals surface area (Å²) in [5.41, 5.74) is 1.27. The average Bonchev–Trinajstić information content (AvgIpc) is 3.29. The highest BCUT2D eigenvalue weighted by atomic mass is 32.1. The summed E-state index contributed by atoms with van der Waals surface area (Å²) in [6, 6.07) is 12.4. The van der Waals surface area contributed by atoms with Crippen LogP contribution in [-0.4, -0.2) is 34.3 Å². The Morgan fingerprint density at radius 3 is 2.58 bits per heavy atom. The molecule has 0 radical (unpaired) electrons. The molecule has 2 heterocycles.